The van der Waals surface area contributed by atoms with Gasteiger partial charge in [0.2, 0.25) is 0 Å². The Hall–Kier alpha value is -2.87. The van der Waals surface area contributed by atoms with Crippen LogP contribution in [0.4, 0.5) is 10.1 Å². The van der Waals surface area contributed by atoms with E-state index in [-0.39, 0.29) is 10.7 Å². The summed E-state index contributed by atoms with van der Waals surface area (Å²) >= 11 is 5.65. The first-order valence-corrected chi connectivity index (χ1v) is 6.46. The van der Waals surface area contributed by atoms with Gasteiger partial charge in [0.25, 0.3) is 5.91 Å². The van der Waals surface area contributed by atoms with Gasteiger partial charge in [0.15, 0.2) is 11.5 Å². The zero-order valence-corrected chi connectivity index (χ0v) is 11.7. The second-order valence-electron chi connectivity index (χ2n) is 4.20. The van der Waals surface area contributed by atoms with E-state index in [0.29, 0.717) is 11.5 Å². The molecule has 0 spiro atoms. The molecule has 3 aromatic rings. The van der Waals surface area contributed by atoms with Crippen molar-refractivity contribution in [1.82, 2.24) is 25.0 Å². The predicted molar refractivity (Wildman–Crippen MR) is 76.3 cm³/mol. The van der Waals surface area contributed by atoms with E-state index in [1.54, 1.807) is 6.07 Å². The molecule has 22 heavy (non-hydrogen) atoms. The Kier molecular flexibility index (Phi) is 3.75. The lowest BCUT2D eigenvalue weighted by Crippen LogP contribution is -2.15. The molecule has 0 fully saturated rings. The highest BCUT2D eigenvalue weighted by atomic mass is 35.5. The number of hydrogen-bond acceptors (Lipinski definition) is 5. The highest BCUT2D eigenvalue weighted by Crippen LogP contribution is 2.19. The molecular weight excluding hydrogens is 311 g/mol. The number of amides is 1. The molecule has 0 atom stereocenters. The Bertz CT molecular complexity index is 806. The number of anilines is 1. The molecule has 2 aromatic heterocycles. The molecule has 7 nitrogen and oxygen atoms in total. The quantitative estimate of drug-likeness (QED) is 0.799. The Morgan fingerprint density at radius 1 is 1.23 bits per heavy atom. The van der Waals surface area contributed by atoms with Crippen molar-refractivity contribution < 1.29 is 9.18 Å². The van der Waals surface area contributed by atoms with Gasteiger partial charge in [0.1, 0.15) is 18.5 Å². The van der Waals surface area contributed by atoms with E-state index in [2.05, 4.69) is 25.6 Å². The fourth-order valence-corrected chi connectivity index (χ4v) is 1.84. The van der Waals surface area contributed by atoms with Crippen LogP contribution in [0.15, 0.2) is 43.0 Å². The van der Waals surface area contributed by atoms with Gasteiger partial charge in [0.05, 0.1) is 5.02 Å². The third-order valence-corrected chi connectivity index (χ3v) is 3.00. The van der Waals surface area contributed by atoms with Crippen molar-refractivity contribution in [1.29, 1.82) is 0 Å². The summed E-state index contributed by atoms with van der Waals surface area (Å²) < 4.78 is 14.5. The molecule has 0 saturated heterocycles. The molecular formula is C13H8ClFN6O. The standard InChI is InChI=1S/C13H8ClFN6O/c14-9-5-8(1-2-10(9)15)18-13(22)11-3-4-12(20-19-11)21-7-16-6-17-21/h1-7H,(H,18,22). The maximum Gasteiger partial charge on any atom is 0.276 e. The molecule has 9 heteroatoms. The molecule has 0 unspecified atom stereocenters. The van der Waals surface area contributed by atoms with Gasteiger partial charge >= 0.3 is 0 Å². The first-order chi connectivity index (χ1) is 10.6. The van der Waals surface area contributed by atoms with Crippen LogP contribution in [-0.2, 0) is 0 Å². The van der Waals surface area contributed by atoms with Gasteiger partial charge in [0, 0.05) is 5.69 Å². The minimum atomic E-state index is -0.559. The largest absolute Gasteiger partial charge is 0.321 e. The Balaban J connectivity index is 1.76. The van der Waals surface area contributed by atoms with Crippen molar-refractivity contribution >= 4 is 23.2 Å². The fraction of sp³-hybridized carbons (Fsp3) is 0. The summed E-state index contributed by atoms with van der Waals surface area (Å²) in [6, 6.07) is 6.94. The molecule has 0 aliphatic carbocycles. The number of carbonyl (C=O) groups is 1. The summed E-state index contributed by atoms with van der Waals surface area (Å²) in [4.78, 5) is 15.8. The van der Waals surface area contributed by atoms with E-state index in [9.17, 15) is 9.18 Å². The topological polar surface area (TPSA) is 85.6 Å². The fourth-order valence-electron chi connectivity index (χ4n) is 1.66. The van der Waals surface area contributed by atoms with Crippen LogP contribution in [0.25, 0.3) is 5.82 Å². The van der Waals surface area contributed by atoms with Crippen LogP contribution in [0.5, 0.6) is 0 Å². The van der Waals surface area contributed by atoms with E-state index >= 15 is 0 Å². The summed E-state index contributed by atoms with van der Waals surface area (Å²) in [6.07, 6.45) is 2.82. The lowest BCUT2D eigenvalue weighted by molar-refractivity contribution is 0.102. The maximum absolute atomic E-state index is 13.1. The Morgan fingerprint density at radius 2 is 2.09 bits per heavy atom. The smallest absolute Gasteiger partial charge is 0.276 e. The third kappa shape index (κ3) is 2.91. The van der Waals surface area contributed by atoms with Crippen molar-refractivity contribution in [3.8, 4) is 5.82 Å². The molecule has 3 rings (SSSR count). The predicted octanol–water partition coefficient (Wildman–Crippen LogP) is 2.10. The third-order valence-electron chi connectivity index (χ3n) is 2.71. The van der Waals surface area contributed by atoms with E-state index < -0.39 is 11.7 Å². The first-order valence-electron chi connectivity index (χ1n) is 6.08. The van der Waals surface area contributed by atoms with E-state index in [0.717, 1.165) is 6.07 Å². The number of nitrogens with one attached hydrogen (secondary N) is 1. The molecule has 1 amide bonds. The minimum absolute atomic E-state index is 0.0783. The molecule has 0 aliphatic rings. The minimum Gasteiger partial charge on any atom is -0.321 e. The number of halogens is 2. The van der Waals surface area contributed by atoms with Gasteiger partial charge in [-0.3, -0.25) is 4.79 Å². The normalized spacial score (nSPS) is 10.5. The number of benzene rings is 1. The molecule has 1 N–H and O–H groups in total. The van der Waals surface area contributed by atoms with Crippen molar-refractivity contribution in [2.75, 3.05) is 5.32 Å². The number of hydrogen-bond donors (Lipinski definition) is 1. The second-order valence-corrected chi connectivity index (χ2v) is 4.61. The molecule has 0 radical (unpaired) electrons. The summed E-state index contributed by atoms with van der Waals surface area (Å²) in [7, 11) is 0. The average Bonchev–Trinajstić information content (AvgIpc) is 3.05. The highest BCUT2D eigenvalue weighted by Gasteiger charge is 2.10. The monoisotopic (exact) mass is 318 g/mol. The van der Waals surface area contributed by atoms with E-state index in [1.807, 2.05) is 0 Å². The molecule has 0 bridgehead atoms. The van der Waals surface area contributed by atoms with Crippen LogP contribution >= 0.6 is 11.6 Å². The van der Waals surface area contributed by atoms with Crippen molar-refractivity contribution in [3.05, 3.63) is 59.5 Å². The summed E-state index contributed by atoms with van der Waals surface area (Å²) in [5, 5.41) is 14.1. The lowest BCUT2D eigenvalue weighted by atomic mass is 10.3. The summed E-state index contributed by atoms with van der Waals surface area (Å²) in [5.41, 5.74) is 0.461. The van der Waals surface area contributed by atoms with Gasteiger partial charge in [-0.1, -0.05) is 11.6 Å². The summed E-state index contributed by atoms with van der Waals surface area (Å²) in [5.74, 6) is -0.615. The summed E-state index contributed by atoms with van der Waals surface area (Å²) in [6.45, 7) is 0. The molecule has 0 saturated carbocycles. The molecule has 2 heterocycles. The van der Waals surface area contributed by atoms with Crippen LogP contribution < -0.4 is 5.32 Å². The molecule has 110 valence electrons. The zero-order chi connectivity index (χ0) is 15.5. The SMILES string of the molecule is O=C(Nc1ccc(F)c(Cl)c1)c1ccc(-n2cncn2)nn1. The van der Waals surface area contributed by atoms with Crippen LogP contribution in [-0.4, -0.2) is 30.9 Å². The number of aromatic nitrogens is 5. The van der Waals surface area contributed by atoms with Crippen LogP contribution in [0.2, 0.25) is 5.02 Å². The van der Waals surface area contributed by atoms with Gasteiger partial charge in [-0.2, -0.15) is 5.10 Å². The van der Waals surface area contributed by atoms with E-state index in [1.165, 1.54) is 35.5 Å². The van der Waals surface area contributed by atoms with E-state index in [4.69, 9.17) is 11.6 Å². The molecule has 1 aromatic carbocycles. The second kappa shape index (κ2) is 5.86. The van der Waals surface area contributed by atoms with Crippen LogP contribution in [0.3, 0.4) is 0 Å². The Morgan fingerprint density at radius 3 is 2.73 bits per heavy atom. The lowest BCUT2D eigenvalue weighted by Gasteiger charge is -2.05. The highest BCUT2D eigenvalue weighted by molar-refractivity contribution is 6.31. The number of carbonyl (C=O) groups excluding carboxylic acids is 1. The van der Waals surface area contributed by atoms with Crippen molar-refractivity contribution in [2.24, 2.45) is 0 Å². The van der Waals surface area contributed by atoms with Gasteiger partial charge in [-0.05, 0) is 30.3 Å². The molecule has 0 aliphatic heterocycles. The number of nitrogens with zero attached hydrogens (tertiary/aromatic N) is 5. The first kappa shape index (κ1) is 14.1. The van der Waals surface area contributed by atoms with Crippen LogP contribution in [0, 0.1) is 5.82 Å². The van der Waals surface area contributed by atoms with Crippen LogP contribution in [0.1, 0.15) is 10.5 Å². The average molecular weight is 319 g/mol. The van der Waals surface area contributed by atoms with Gasteiger partial charge in [-0.25, -0.2) is 14.1 Å². The van der Waals surface area contributed by atoms with Gasteiger partial charge < -0.3 is 5.32 Å². The number of rotatable bonds is 3. The van der Waals surface area contributed by atoms with Crippen molar-refractivity contribution in [2.45, 2.75) is 0 Å². The Labute approximate surface area is 128 Å². The van der Waals surface area contributed by atoms with Gasteiger partial charge in [-0.15, -0.1) is 10.2 Å². The maximum atomic E-state index is 13.1. The zero-order valence-electron chi connectivity index (χ0n) is 10.9. The van der Waals surface area contributed by atoms with Crippen molar-refractivity contribution in [3.63, 3.8) is 0 Å².